The Labute approximate surface area is 114 Å². The zero-order chi connectivity index (χ0) is 13.7. The first-order valence-electron chi connectivity index (χ1n) is 5.57. The van der Waals surface area contributed by atoms with Crippen molar-refractivity contribution in [1.82, 2.24) is 15.0 Å². The molecular weight excluding hydrogens is 268 g/mol. The highest BCUT2D eigenvalue weighted by atomic mass is 35.5. The Morgan fingerprint density at radius 1 is 1.47 bits per heavy atom. The maximum atomic E-state index is 12.0. The molecule has 2 rings (SSSR count). The summed E-state index contributed by atoms with van der Waals surface area (Å²) < 4.78 is 5.31. The summed E-state index contributed by atoms with van der Waals surface area (Å²) in [6.45, 7) is 2.29. The lowest BCUT2D eigenvalue weighted by molar-refractivity contribution is 0.102. The maximum Gasteiger partial charge on any atom is 0.276 e. The van der Waals surface area contributed by atoms with Gasteiger partial charge in [0.2, 0.25) is 5.88 Å². The Hall–Kier alpha value is -2.21. The fraction of sp³-hybridized carbons (Fsp3) is 0.167. The minimum atomic E-state index is -0.427. The van der Waals surface area contributed by atoms with E-state index in [1.807, 2.05) is 6.92 Å². The Bertz CT molecular complexity index is 591. The van der Waals surface area contributed by atoms with Crippen LogP contribution in [-0.2, 0) is 0 Å². The van der Waals surface area contributed by atoms with E-state index in [-0.39, 0.29) is 10.8 Å². The van der Waals surface area contributed by atoms with Crippen LogP contribution in [0.4, 0.5) is 5.69 Å². The monoisotopic (exact) mass is 278 g/mol. The topological polar surface area (TPSA) is 77.0 Å². The molecule has 2 aromatic heterocycles. The fourth-order valence-corrected chi connectivity index (χ4v) is 1.52. The molecule has 0 aromatic carbocycles. The van der Waals surface area contributed by atoms with Crippen LogP contribution in [0.3, 0.4) is 0 Å². The van der Waals surface area contributed by atoms with Gasteiger partial charge in [0.15, 0.2) is 0 Å². The summed E-state index contributed by atoms with van der Waals surface area (Å²) in [4.78, 5) is 23.7. The number of hydrogen-bond donors (Lipinski definition) is 1. The number of carbonyl (C=O) groups is 1. The molecule has 0 aliphatic heterocycles. The van der Waals surface area contributed by atoms with E-state index in [2.05, 4.69) is 20.3 Å². The van der Waals surface area contributed by atoms with E-state index in [0.29, 0.717) is 18.2 Å². The van der Waals surface area contributed by atoms with Crippen molar-refractivity contribution in [3.63, 3.8) is 0 Å². The first-order chi connectivity index (χ1) is 9.20. The molecule has 2 aromatic rings. The van der Waals surface area contributed by atoms with Gasteiger partial charge in [-0.25, -0.2) is 9.97 Å². The molecule has 0 bridgehead atoms. The quantitative estimate of drug-likeness (QED) is 0.927. The van der Waals surface area contributed by atoms with E-state index < -0.39 is 5.91 Å². The standard InChI is InChI=1S/C12H11ClN4O2/c1-2-19-12-8(4-3-5-15-12)17-11(18)9-6-14-7-10(13)16-9/h3-7H,2H2,1H3,(H,17,18). The number of amides is 1. The van der Waals surface area contributed by atoms with Crippen LogP contribution in [0.25, 0.3) is 0 Å². The SMILES string of the molecule is CCOc1ncccc1NC(=O)c1cncc(Cl)n1. The molecule has 6 nitrogen and oxygen atoms in total. The maximum absolute atomic E-state index is 12.0. The Balaban J connectivity index is 2.19. The normalized spacial score (nSPS) is 10.0. The van der Waals surface area contributed by atoms with Gasteiger partial charge in [-0.15, -0.1) is 0 Å². The molecular formula is C12H11ClN4O2. The molecule has 0 aliphatic rings. The Morgan fingerprint density at radius 2 is 2.32 bits per heavy atom. The molecule has 0 fully saturated rings. The van der Waals surface area contributed by atoms with Crippen LogP contribution in [0.1, 0.15) is 17.4 Å². The molecule has 0 unspecified atom stereocenters. The predicted molar refractivity (Wildman–Crippen MR) is 70.4 cm³/mol. The Kier molecular flexibility index (Phi) is 4.25. The molecule has 0 radical (unpaired) electrons. The summed E-state index contributed by atoms with van der Waals surface area (Å²) in [6, 6.07) is 3.38. The number of anilines is 1. The highest BCUT2D eigenvalue weighted by Gasteiger charge is 2.12. The van der Waals surface area contributed by atoms with Gasteiger partial charge in [-0.3, -0.25) is 9.78 Å². The molecule has 7 heteroatoms. The number of nitrogens with zero attached hydrogens (tertiary/aromatic N) is 3. The van der Waals surface area contributed by atoms with Crippen molar-refractivity contribution in [2.24, 2.45) is 0 Å². The number of pyridine rings is 1. The van der Waals surface area contributed by atoms with Crippen LogP contribution < -0.4 is 10.1 Å². The number of halogens is 1. The summed E-state index contributed by atoms with van der Waals surface area (Å²) in [7, 11) is 0. The van der Waals surface area contributed by atoms with Crippen molar-refractivity contribution in [1.29, 1.82) is 0 Å². The van der Waals surface area contributed by atoms with Crippen molar-refractivity contribution in [2.45, 2.75) is 6.92 Å². The zero-order valence-corrected chi connectivity index (χ0v) is 10.9. The summed E-state index contributed by atoms with van der Waals surface area (Å²) in [5.74, 6) is -0.0720. The number of aromatic nitrogens is 3. The van der Waals surface area contributed by atoms with E-state index in [9.17, 15) is 4.79 Å². The summed E-state index contributed by atoms with van der Waals surface area (Å²) in [5, 5.41) is 2.81. The average Bonchev–Trinajstić information content (AvgIpc) is 2.41. The molecule has 0 atom stereocenters. The highest BCUT2D eigenvalue weighted by Crippen LogP contribution is 2.21. The van der Waals surface area contributed by atoms with Gasteiger partial charge in [0.25, 0.3) is 5.91 Å². The van der Waals surface area contributed by atoms with Crippen LogP contribution in [0.5, 0.6) is 5.88 Å². The lowest BCUT2D eigenvalue weighted by Crippen LogP contribution is -2.15. The first kappa shape index (κ1) is 13.2. The lowest BCUT2D eigenvalue weighted by Gasteiger charge is -2.09. The summed E-state index contributed by atoms with van der Waals surface area (Å²) in [6.07, 6.45) is 4.27. The van der Waals surface area contributed by atoms with E-state index in [1.54, 1.807) is 18.3 Å². The number of rotatable bonds is 4. The molecule has 1 N–H and O–H groups in total. The first-order valence-corrected chi connectivity index (χ1v) is 5.95. The van der Waals surface area contributed by atoms with Gasteiger partial charge in [-0.05, 0) is 19.1 Å². The molecule has 0 spiro atoms. The van der Waals surface area contributed by atoms with Gasteiger partial charge in [-0.2, -0.15) is 0 Å². The second-order valence-electron chi connectivity index (χ2n) is 3.47. The van der Waals surface area contributed by atoms with E-state index in [4.69, 9.17) is 16.3 Å². The smallest absolute Gasteiger partial charge is 0.276 e. The van der Waals surface area contributed by atoms with Crippen LogP contribution in [0.2, 0.25) is 5.15 Å². The van der Waals surface area contributed by atoms with Gasteiger partial charge in [0, 0.05) is 6.20 Å². The van der Waals surface area contributed by atoms with Crippen LogP contribution >= 0.6 is 11.6 Å². The van der Waals surface area contributed by atoms with Crippen molar-refractivity contribution in [3.05, 3.63) is 41.6 Å². The van der Waals surface area contributed by atoms with E-state index in [1.165, 1.54) is 12.4 Å². The third kappa shape index (κ3) is 3.38. The molecule has 0 saturated heterocycles. The lowest BCUT2D eigenvalue weighted by atomic mass is 10.3. The third-order valence-electron chi connectivity index (χ3n) is 2.14. The fourth-order valence-electron chi connectivity index (χ4n) is 1.38. The third-order valence-corrected chi connectivity index (χ3v) is 2.32. The number of carbonyl (C=O) groups excluding carboxylic acids is 1. The van der Waals surface area contributed by atoms with Gasteiger partial charge >= 0.3 is 0 Å². The van der Waals surface area contributed by atoms with Gasteiger partial charge < -0.3 is 10.1 Å². The van der Waals surface area contributed by atoms with E-state index >= 15 is 0 Å². The van der Waals surface area contributed by atoms with Gasteiger partial charge in [0.05, 0.1) is 19.0 Å². The van der Waals surface area contributed by atoms with Crippen LogP contribution in [0.15, 0.2) is 30.7 Å². The molecule has 98 valence electrons. The second kappa shape index (κ2) is 6.10. The van der Waals surface area contributed by atoms with Gasteiger partial charge in [0.1, 0.15) is 16.5 Å². The molecule has 0 aliphatic carbocycles. The number of hydrogen-bond acceptors (Lipinski definition) is 5. The summed E-state index contributed by atoms with van der Waals surface area (Å²) in [5.41, 5.74) is 0.593. The average molecular weight is 279 g/mol. The minimum Gasteiger partial charge on any atom is -0.476 e. The number of ether oxygens (including phenoxy) is 1. The van der Waals surface area contributed by atoms with Crippen molar-refractivity contribution >= 4 is 23.2 Å². The molecule has 19 heavy (non-hydrogen) atoms. The van der Waals surface area contributed by atoms with E-state index in [0.717, 1.165) is 0 Å². The zero-order valence-electron chi connectivity index (χ0n) is 10.1. The van der Waals surface area contributed by atoms with Crippen LogP contribution in [-0.4, -0.2) is 27.5 Å². The molecule has 1 amide bonds. The van der Waals surface area contributed by atoms with Crippen molar-refractivity contribution in [2.75, 3.05) is 11.9 Å². The second-order valence-corrected chi connectivity index (χ2v) is 3.86. The Morgan fingerprint density at radius 3 is 3.05 bits per heavy atom. The number of nitrogens with one attached hydrogen (secondary N) is 1. The molecule has 0 saturated carbocycles. The largest absolute Gasteiger partial charge is 0.476 e. The predicted octanol–water partition coefficient (Wildman–Crippen LogP) is 2.18. The molecule has 2 heterocycles. The van der Waals surface area contributed by atoms with Crippen molar-refractivity contribution in [3.8, 4) is 5.88 Å². The highest BCUT2D eigenvalue weighted by molar-refractivity contribution is 6.29. The van der Waals surface area contributed by atoms with Crippen molar-refractivity contribution < 1.29 is 9.53 Å². The van der Waals surface area contributed by atoms with Crippen LogP contribution in [0, 0.1) is 0 Å². The minimum absolute atomic E-state index is 0.124. The van der Waals surface area contributed by atoms with Gasteiger partial charge in [-0.1, -0.05) is 11.6 Å². The summed E-state index contributed by atoms with van der Waals surface area (Å²) >= 11 is 5.68.